The molecule has 18 heavy (non-hydrogen) atoms. The predicted molar refractivity (Wildman–Crippen MR) is 67.5 cm³/mol. The summed E-state index contributed by atoms with van der Waals surface area (Å²) in [4.78, 5) is 19.1. The zero-order valence-electron chi connectivity index (χ0n) is 9.92. The van der Waals surface area contributed by atoms with E-state index in [9.17, 15) is 4.79 Å². The van der Waals surface area contributed by atoms with Crippen molar-refractivity contribution in [2.45, 2.75) is 13.5 Å². The van der Waals surface area contributed by atoms with Crippen LogP contribution in [0.15, 0.2) is 36.5 Å². The van der Waals surface area contributed by atoms with E-state index in [-0.39, 0.29) is 5.56 Å². The van der Waals surface area contributed by atoms with Gasteiger partial charge in [0.05, 0.1) is 17.8 Å². The maximum absolute atomic E-state index is 10.8. The van der Waals surface area contributed by atoms with Crippen LogP contribution in [-0.2, 0) is 6.54 Å². The SMILES string of the molecule is Cc1nccc(CNc2cccc(C(=O)O)c2)n1. The maximum atomic E-state index is 10.8. The van der Waals surface area contributed by atoms with Crippen LogP contribution >= 0.6 is 0 Å². The lowest BCUT2D eigenvalue weighted by atomic mass is 10.2. The number of benzene rings is 1. The monoisotopic (exact) mass is 243 g/mol. The minimum atomic E-state index is -0.934. The van der Waals surface area contributed by atoms with E-state index in [0.29, 0.717) is 12.4 Å². The normalized spacial score (nSPS) is 10.1. The third kappa shape index (κ3) is 3.04. The first-order valence-corrected chi connectivity index (χ1v) is 5.51. The van der Waals surface area contributed by atoms with Gasteiger partial charge in [-0.2, -0.15) is 0 Å². The number of aryl methyl sites for hydroxylation is 1. The number of carboxylic acid groups (broad SMARTS) is 1. The molecule has 2 rings (SSSR count). The van der Waals surface area contributed by atoms with E-state index in [1.54, 1.807) is 24.4 Å². The summed E-state index contributed by atoms with van der Waals surface area (Å²) in [6.07, 6.45) is 1.70. The molecular formula is C13H13N3O2. The average Bonchev–Trinajstić information content (AvgIpc) is 2.37. The summed E-state index contributed by atoms with van der Waals surface area (Å²) in [5.74, 6) is -0.217. The maximum Gasteiger partial charge on any atom is 0.335 e. The Hall–Kier alpha value is -2.43. The summed E-state index contributed by atoms with van der Waals surface area (Å²) in [6, 6.07) is 8.50. The highest BCUT2D eigenvalue weighted by Gasteiger charge is 2.03. The van der Waals surface area contributed by atoms with Crippen LogP contribution in [0.4, 0.5) is 5.69 Å². The fourth-order valence-electron chi connectivity index (χ4n) is 1.56. The summed E-state index contributed by atoms with van der Waals surface area (Å²) in [6.45, 7) is 2.36. The van der Waals surface area contributed by atoms with E-state index >= 15 is 0 Å². The molecule has 92 valence electrons. The number of nitrogens with one attached hydrogen (secondary N) is 1. The van der Waals surface area contributed by atoms with Crippen LogP contribution in [0.25, 0.3) is 0 Å². The third-order valence-corrected chi connectivity index (χ3v) is 2.42. The van der Waals surface area contributed by atoms with Gasteiger partial charge in [-0.05, 0) is 31.2 Å². The number of aromatic carboxylic acids is 1. The first-order chi connectivity index (χ1) is 8.65. The quantitative estimate of drug-likeness (QED) is 0.860. The second-order valence-corrected chi connectivity index (χ2v) is 3.83. The third-order valence-electron chi connectivity index (χ3n) is 2.42. The van der Waals surface area contributed by atoms with Gasteiger partial charge < -0.3 is 10.4 Å². The largest absolute Gasteiger partial charge is 0.478 e. The molecule has 0 saturated carbocycles. The van der Waals surface area contributed by atoms with Gasteiger partial charge in [0.25, 0.3) is 0 Å². The Kier molecular flexibility index (Phi) is 3.52. The minimum Gasteiger partial charge on any atom is -0.478 e. The van der Waals surface area contributed by atoms with Crippen molar-refractivity contribution in [1.82, 2.24) is 9.97 Å². The molecule has 5 heteroatoms. The molecule has 1 aromatic carbocycles. The zero-order chi connectivity index (χ0) is 13.0. The number of carboxylic acids is 1. The number of carbonyl (C=O) groups is 1. The van der Waals surface area contributed by atoms with Crippen molar-refractivity contribution in [2.75, 3.05) is 5.32 Å². The van der Waals surface area contributed by atoms with Crippen molar-refractivity contribution < 1.29 is 9.90 Å². The summed E-state index contributed by atoms with van der Waals surface area (Å²) in [5, 5.41) is 12.0. The van der Waals surface area contributed by atoms with Crippen molar-refractivity contribution in [3.63, 3.8) is 0 Å². The van der Waals surface area contributed by atoms with E-state index < -0.39 is 5.97 Å². The molecule has 0 unspecified atom stereocenters. The van der Waals surface area contributed by atoms with E-state index in [1.807, 2.05) is 19.1 Å². The molecule has 0 aliphatic carbocycles. The number of hydrogen-bond acceptors (Lipinski definition) is 4. The van der Waals surface area contributed by atoms with E-state index in [0.717, 1.165) is 11.4 Å². The smallest absolute Gasteiger partial charge is 0.335 e. The van der Waals surface area contributed by atoms with E-state index in [4.69, 9.17) is 5.11 Å². The van der Waals surface area contributed by atoms with Gasteiger partial charge in [-0.25, -0.2) is 14.8 Å². The van der Waals surface area contributed by atoms with Gasteiger partial charge >= 0.3 is 5.97 Å². The Bertz CT molecular complexity index is 570. The minimum absolute atomic E-state index is 0.263. The molecule has 0 bridgehead atoms. The average molecular weight is 243 g/mol. The molecule has 0 aliphatic rings. The van der Waals surface area contributed by atoms with Crippen LogP contribution in [-0.4, -0.2) is 21.0 Å². The molecule has 0 aliphatic heterocycles. The van der Waals surface area contributed by atoms with Crippen molar-refractivity contribution in [1.29, 1.82) is 0 Å². The molecule has 0 atom stereocenters. The Balaban J connectivity index is 2.06. The molecule has 0 fully saturated rings. The van der Waals surface area contributed by atoms with Gasteiger partial charge in [-0.1, -0.05) is 6.07 Å². The lowest BCUT2D eigenvalue weighted by Crippen LogP contribution is -2.04. The second kappa shape index (κ2) is 5.27. The summed E-state index contributed by atoms with van der Waals surface area (Å²) in [5.41, 5.74) is 1.88. The molecule has 1 aromatic heterocycles. The fourth-order valence-corrected chi connectivity index (χ4v) is 1.56. The van der Waals surface area contributed by atoms with Gasteiger partial charge in [0.2, 0.25) is 0 Å². The standard InChI is InChI=1S/C13H13N3O2/c1-9-14-6-5-12(16-9)8-15-11-4-2-3-10(7-11)13(17)18/h2-7,15H,8H2,1H3,(H,17,18). The molecule has 1 heterocycles. The first-order valence-electron chi connectivity index (χ1n) is 5.51. The summed E-state index contributed by atoms with van der Waals surface area (Å²) >= 11 is 0. The first kappa shape index (κ1) is 12.0. The Morgan fingerprint density at radius 1 is 1.39 bits per heavy atom. The van der Waals surface area contributed by atoms with Gasteiger partial charge in [-0.15, -0.1) is 0 Å². The van der Waals surface area contributed by atoms with Crippen LogP contribution in [0.1, 0.15) is 21.9 Å². The summed E-state index contributed by atoms with van der Waals surface area (Å²) in [7, 11) is 0. The van der Waals surface area contributed by atoms with Crippen molar-refractivity contribution in [3.05, 3.63) is 53.6 Å². The Morgan fingerprint density at radius 3 is 2.94 bits per heavy atom. The predicted octanol–water partition coefficient (Wildman–Crippen LogP) is 2.10. The number of hydrogen-bond donors (Lipinski definition) is 2. The van der Waals surface area contributed by atoms with Gasteiger partial charge in [-0.3, -0.25) is 0 Å². The number of nitrogens with zero attached hydrogens (tertiary/aromatic N) is 2. The highest BCUT2D eigenvalue weighted by Crippen LogP contribution is 2.11. The second-order valence-electron chi connectivity index (χ2n) is 3.83. The Labute approximate surface area is 105 Å². The molecule has 2 aromatic rings. The lowest BCUT2D eigenvalue weighted by Gasteiger charge is -2.06. The molecule has 5 nitrogen and oxygen atoms in total. The van der Waals surface area contributed by atoms with Crippen molar-refractivity contribution >= 4 is 11.7 Å². The molecule has 0 spiro atoms. The lowest BCUT2D eigenvalue weighted by molar-refractivity contribution is 0.0697. The molecule has 2 N–H and O–H groups in total. The van der Waals surface area contributed by atoms with Crippen LogP contribution in [0.2, 0.25) is 0 Å². The van der Waals surface area contributed by atoms with Crippen molar-refractivity contribution in [3.8, 4) is 0 Å². The van der Waals surface area contributed by atoms with Gasteiger partial charge in [0, 0.05) is 11.9 Å². The molecule has 0 saturated heterocycles. The highest BCUT2D eigenvalue weighted by molar-refractivity contribution is 5.88. The highest BCUT2D eigenvalue weighted by atomic mass is 16.4. The molecular weight excluding hydrogens is 230 g/mol. The van der Waals surface area contributed by atoms with Crippen LogP contribution < -0.4 is 5.32 Å². The van der Waals surface area contributed by atoms with Crippen molar-refractivity contribution in [2.24, 2.45) is 0 Å². The Morgan fingerprint density at radius 2 is 2.22 bits per heavy atom. The molecule has 0 radical (unpaired) electrons. The van der Waals surface area contributed by atoms with Crippen LogP contribution in [0, 0.1) is 6.92 Å². The zero-order valence-corrected chi connectivity index (χ0v) is 9.92. The number of aromatic nitrogens is 2. The van der Waals surface area contributed by atoms with Crippen LogP contribution in [0.3, 0.4) is 0 Å². The van der Waals surface area contributed by atoms with E-state index in [1.165, 1.54) is 0 Å². The number of anilines is 1. The van der Waals surface area contributed by atoms with Gasteiger partial charge in [0.15, 0.2) is 0 Å². The fraction of sp³-hybridized carbons (Fsp3) is 0.154. The topological polar surface area (TPSA) is 75.1 Å². The molecule has 0 amide bonds. The number of rotatable bonds is 4. The van der Waals surface area contributed by atoms with Crippen LogP contribution in [0.5, 0.6) is 0 Å². The van der Waals surface area contributed by atoms with E-state index in [2.05, 4.69) is 15.3 Å². The van der Waals surface area contributed by atoms with Gasteiger partial charge in [0.1, 0.15) is 5.82 Å². The summed E-state index contributed by atoms with van der Waals surface area (Å²) < 4.78 is 0.